The Morgan fingerprint density at radius 2 is 2.00 bits per heavy atom. The molecule has 2 amide bonds. The van der Waals surface area contributed by atoms with Crippen LogP contribution in [0.25, 0.3) is 0 Å². The fraction of sp³-hybridized carbons (Fsp3) is 0.867. The fourth-order valence-electron chi connectivity index (χ4n) is 2.94. The first-order chi connectivity index (χ1) is 9.42. The van der Waals surface area contributed by atoms with Crippen molar-refractivity contribution in [3.05, 3.63) is 0 Å². The van der Waals surface area contributed by atoms with Crippen molar-refractivity contribution in [3.63, 3.8) is 0 Å². The van der Waals surface area contributed by atoms with Gasteiger partial charge in [0.15, 0.2) is 0 Å². The summed E-state index contributed by atoms with van der Waals surface area (Å²) in [7, 11) is 0. The number of nitrogens with one attached hydrogen (secondary N) is 2. The van der Waals surface area contributed by atoms with E-state index >= 15 is 0 Å². The molecule has 0 aromatic rings. The second-order valence-corrected chi connectivity index (χ2v) is 6.23. The van der Waals surface area contributed by atoms with Gasteiger partial charge in [0.1, 0.15) is 0 Å². The number of carboxylic acids is 1. The minimum atomic E-state index is -0.811. The van der Waals surface area contributed by atoms with Gasteiger partial charge in [0, 0.05) is 19.0 Å². The lowest BCUT2D eigenvalue weighted by Crippen LogP contribution is -2.47. The molecular formula is C15H28N2O3. The Kier molecular flexibility index (Phi) is 6.82. The summed E-state index contributed by atoms with van der Waals surface area (Å²) in [6.45, 7) is 6.80. The van der Waals surface area contributed by atoms with Gasteiger partial charge in [-0.1, -0.05) is 27.2 Å². The Morgan fingerprint density at radius 1 is 1.30 bits per heavy atom. The number of rotatable bonds is 6. The molecule has 4 atom stereocenters. The first kappa shape index (κ1) is 16.8. The van der Waals surface area contributed by atoms with Crippen LogP contribution in [0.3, 0.4) is 0 Å². The van der Waals surface area contributed by atoms with E-state index in [1.165, 1.54) is 0 Å². The SMILES string of the molecule is CCC(CNC(=O)NC1CCC(C)CC1C)CC(=O)O. The van der Waals surface area contributed by atoms with E-state index in [9.17, 15) is 9.59 Å². The second kappa shape index (κ2) is 8.12. The van der Waals surface area contributed by atoms with Crippen molar-refractivity contribution in [2.75, 3.05) is 6.54 Å². The van der Waals surface area contributed by atoms with Crippen LogP contribution in [-0.4, -0.2) is 29.7 Å². The predicted molar refractivity (Wildman–Crippen MR) is 78.5 cm³/mol. The highest BCUT2D eigenvalue weighted by Gasteiger charge is 2.26. The average Bonchev–Trinajstić information content (AvgIpc) is 2.37. The lowest BCUT2D eigenvalue weighted by atomic mass is 9.80. The zero-order valence-corrected chi connectivity index (χ0v) is 12.8. The van der Waals surface area contributed by atoms with Crippen LogP contribution in [0.15, 0.2) is 0 Å². The van der Waals surface area contributed by atoms with Gasteiger partial charge in [-0.15, -0.1) is 0 Å². The number of carbonyl (C=O) groups is 2. The molecule has 116 valence electrons. The second-order valence-electron chi connectivity index (χ2n) is 6.23. The highest BCUT2D eigenvalue weighted by Crippen LogP contribution is 2.28. The molecule has 3 N–H and O–H groups in total. The topological polar surface area (TPSA) is 78.4 Å². The largest absolute Gasteiger partial charge is 0.481 e. The number of aliphatic carboxylic acids is 1. The van der Waals surface area contributed by atoms with Crippen LogP contribution in [0, 0.1) is 17.8 Å². The molecule has 0 bridgehead atoms. The van der Waals surface area contributed by atoms with Crippen LogP contribution in [0.1, 0.15) is 52.9 Å². The Morgan fingerprint density at radius 3 is 2.55 bits per heavy atom. The Bertz CT molecular complexity index is 333. The van der Waals surface area contributed by atoms with Gasteiger partial charge in [-0.25, -0.2) is 4.79 Å². The van der Waals surface area contributed by atoms with Gasteiger partial charge in [0.2, 0.25) is 0 Å². The molecule has 1 rings (SSSR count). The van der Waals surface area contributed by atoms with Crippen molar-refractivity contribution in [2.24, 2.45) is 17.8 Å². The van der Waals surface area contributed by atoms with E-state index in [1.54, 1.807) is 0 Å². The molecule has 0 saturated heterocycles. The van der Waals surface area contributed by atoms with E-state index in [4.69, 9.17) is 5.11 Å². The maximum Gasteiger partial charge on any atom is 0.315 e. The standard InChI is InChI=1S/C15H28N2O3/c1-4-12(8-14(18)19)9-16-15(20)17-13-6-5-10(2)7-11(13)3/h10-13H,4-9H2,1-3H3,(H,18,19)(H2,16,17,20). The van der Waals surface area contributed by atoms with Crippen LogP contribution in [0.4, 0.5) is 4.79 Å². The summed E-state index contributed by atoms with van der Waals surface area (Å²) >= 11 is 0. The van der Waals surface area contributed by atoms with E-state index in [0.29, 0.717) is 12.5 Å². The third-order valence-corrected chi connectivity index (χ3v) is 4.34. The molecule has 20 heavy (non-hydrogen) atoms. The normalized spacial score (nSPS) is 27.6. The molecule has 1 fully saturated rings. The van der Waals surface area contributed by atoms with Crippen molar-refractivity contribution in [3.8, 4) is 0 Å². The first-order valence-corrected chi connectivity index (χ1v) is 7.68. The van der Waals surface area contributed by atoms with Gasteiger partial charge in [0.25, 0.3) is 0 Å². The molecule has 1 saturated carbocycles. The van der Waals surface area contributed by atoms with E-state index in [-0.39, 0.29) is 24.4 Å². The Hall–Kier alpha value is -1.26. The molecular weight excluding hydrogens is 256 g/mol. The van der Waals surface area contributed by atoms with Gasteiger partial charge in [-0.3, -0.25) is 4.79 Å². The van der Waals surface area contributed by atoms with Crippen LogP contribution >= 0.6 is 0 Å². The van der Waals surface area contributed by atoms with E-state index in [1.807, 2.05) is 6.92 Å². The summed E-state index contributed by atoms with van der Waals surface area (Å²) in [5, 5.41) is 14.6. The molecule has 5 nitrogen and oxygen atoms in total. The maximum atomic E-state index is 11.9. The quantitative estimate of drug-likeness (QED) is 0.701. The molecule has 0 spiro atoms. The molecule has 1 aliphatic rings. The average molecular weight is 284 g/mol. The summed E-state index contributed by atoms with van der Waals surface area (Å²) in [4.78, 5) is 22.6. The number of hydrogen-bond acceptors (Lipinski definition) is 2. The van der Waals surface area contributed by atoms with Gasteiger partial charge in [-0.05, 0) is 37.0 Å². The molecule has 0 aromatic carbocycles. The van der Waals surface area contributed by atoms with Gasteiger partial charge in [-0.2, -0.15) is 0 Å². The maximum absolute atomic E-state index is 11.9. The minimum Gasteiger partial charge on any atom is -0.481 e. The minimum absolute atomic E-state index is 0.00190. The molecule has 0 radical (unpaired) electrons. The van der Waals surface area contributed by atoms with E-state index in [0.717, 1.165) is 31.6 Å². The Balaban J connectivity index is 2.30. The summed E-state index contributed by atoms with van der Waals surface area (Å²) in [5.41, 5.74) is 0. The number of hydrogen-bond donors (Lipinski definition) is 3. The number of amides is 2. The van der Waals surface area contributed by atoms with Crippen molar-refractivity contribution in [2.45, 2.75) is 58.9 Å². The van der Waals surface area contributed by atoms with Crippen LogP contribution in [0.2, 0.25) is 0 Å². The number of urea groups is 1. The van der Waals surface area contributed by atoms with Gasteiger partial charge >= 0.3 is 12.0 Å². The van der Waals surface area contributed by atoms with Gasteiger partial charge in [0.05, 0.1) is 0 Å². The summed E-state index contributed by atoms with van der Waals surface area (Å²) in [5.74, 6) is 0.438. The highest BCUT2D eigenvalue weighted by molar-refractivity contribution is 5.74. The van der Waals surface area contributed by atoms with Crippen LogP contribution < -0.4 is 10.6 Å². The van der Waals surface area contributed by atoms with Crippen molar-refractivity contribution in [1.29, 1.82) is 0 Å². The summed E-state index contributed by atoms with van der Waals surface area (Å²) in [6.07, 6.45) is 4.20. The molecule has 5 heteroatoms. The fourth-order valence-corrected chi connectivity index (χ4v) is 2.94. The lowest BCUT2D eigenvalue weighted by Gasteiger charge is -2.33. The summed E-state index contributed by atoms with van der Waals surface area (Å²) < 4.78 is 0. The molecule has 0 aliphatic heterocycles. The third kappa shape index (κ3) is 5.80. The van der Waals surface area contributed by atoms with Crippen molar-refractivity contribution in [1.82, 2.24) is 10.6 Å². The van der Waals surface area contributed by atoms with Gasteiger partial charge < -0.3 is 15.7 Å². The monoisotopic (exact) mass is 284 g/mol. The molecule has 1 aliphatic carbocycles. The molecule has 4 unspecified atom stereocenters. The Labute approximate surface area is 121 Å². The zero-order chi connectivity index (χ0) is 15.1. The highest BCUT2D eigenvalue weighted by atomic mass is 16.4. The van der Waals surface area contributed by atoms with E-state index in [2.05, 4.69) is 24.5 Å². The zero-order valence-electron chi connectivity index (χ0n) is 12.8. The third-order valence-electron chi connectivity index (χ3n) is 4.34. The van der Waals surface area contributed by atoms with E-state index < -0.39 is 5.97 Å². The predicted octanol–water partition coefficient (Wildman–Crippen LogP) is 2.61. The molecule has 0 aromatic heterocycles. The van der Waals surface area contributed by atoms with Crippen molar-refractivity contribution >= 4 is 12.0 Å². The molecule has 0 heterocycles. The van der Waals surface area contributed by atoms with Crippen molar-refractivity contribution < 1.29 is 14.7 Å². The summed E-state index contributed by atoms with van der Waals surface area (Å²) in [6, 6.07) is 0.0750. The number of carboxylic acid groups (broad SMARTS) is 1. The van der Waals surface area contributed by atoms with Crippen LogP contribution in [-0.2, 0) is 4.79 Å². The van der Waals surface area contributed by atoms with Crippen LogP contribution in [0.5, 0.6) is 0 Å². The number of carbonyl (C=O) groups excluding carboxylic acids is 1. The first-order valence-electron chi connectivity index (χ1n) is 7.68. The lowest BCUT2D eigenvalue weighted by molar-refractivity contribution is -0.138. The smallest absolute Gasteiger partial charge is 0.315 e.